The minimum Gasteiger partial charge on any atom is -0.468 e. The molecule has 0 aromatic carbocycles. The van der Waals surface area contributed by atoms with Crippen LogP contribution in [0.15, 0.2) is 12.4 Å². The van der Waals surface area contributed by atoms with Gasteiger partial charge in [0.2, 0.25) is 0 Å². The van der Waals surface area contributed by atoms with E-state index in [1.165, 1.54) is 7.11 Å². The van der Waals surface area contributed by atoms with Crippen LogP contribution in [0, 0.1) is 0 Å². The van der Waals surface area contributed by atoms with Crippen molar-refractivity contribution in [3.8, 4) is 0 Å². The number of nitrogens with one attached hydrogen (secondary N) is 1. The van der Waals surface area contributed by atoms with Crippen molar-refractivity contribution in [3.63, 3.8) is 0 Å². The molecule has 0 fully saturated rings. The largest absolute Gasteiger partial charge is 0.468 e. The molecule has 1 aromatic heterocycles. The van der Waals surface area contributed by atoms with Crippen LogP contribution >= 0.6 is 0 Å². The molecule has 5 heteroatoms. The van der Waals surface area contributed by atoms with E-state index in [9.17, 15) is 4.79 Å². The van der Waals surface area contributed by atoms with Crippen molar-refractivity contribution < 1.29 is 9.53 Å². The molecule has 0 radical (unpaired) electrons. The van der Waals surface area contributed by atoms with Gasteiger partial charge in [0, 0.05) is 24.8 Å². The lowest BCUT2D eigenvalue weighted by molar-refractivity contribution is -0.142. The van der Waals surface area contributed by atoms with E-state index in [-0.39, 0.29) is 12.0 Å². The third-order valence-electron chi connectivity index (χ3n) is 2.18. The number of carbonyl (C=O) groups excluding carboxylic acids is 1. The number of ether oxygens (including phenoxy) is 1. The number of hydrogen-bond acceptors (Lipinski definition) is 4. The number of rotatable bonds is 5. The van der Waals surface area contributed by atoms with Crippen LogP contribution in [0.3, 0.4) is 0 Å². The van der Waals surface area contributed by atoms with Crippen molar-refractivity contribution in [2.24, 2.45) is 0 Å². The standard InChI is InChI=1S/C10H17N3O2/c1-4-13-7-9(6-12-13)5-11-8(2)10(14)15-3/h6-8,11H,4-5H2,1-3H3. The van der Waals surface area contributed by atoms with E-state index in [0.29, 0.717) is 6.54 Å². The monoisotopic (exact) mass is 211 g/mol. The van der Waals surface area contributed by atoms with Crippen molar-refractivity contribution in [3.05, 3.63) is 18.0 Å². The molecular formula is C10H17N3O2. The second-order valence-electron chi connectivity index (χ2n) is 3.33. The van der Waals surface area contributed by atoms with Crippen LogP contribution in [0.5, 0.6) is 0 Å². The fourth-order valence-electron chi connectivity index (χ4n) is 1.20. The molecule has 0 saturated carbocycles. The number of carbonyl (C=O) groups is 1. The molecule has 0 spiro atoms. The average Bonchev–Trinajstić information content (AvgIpc) is 2.72. The predicted molar refractivity (Wildman–Crippen MR) is 56.2 cm³/mol. The van der Waals surface area contributed by atoms with Crippen LogP contribution < -0.4 is 5.32 Å². The maximum absolute atomic E-state index is 11.1. The molecule has 1 rings (SSSR count). The Morgan fingerprint density at radius 2 is 2.47 bits per heavy atom. The van der Waals surface area contributed by atoms with Gasteiger partial charge in [-0.2, -0.15) is 5.10 Å². The van der Waals surface area contributed by atoms with Gasteiger partial charge in [0.05, 0.1) is 13.3 Å². The molecule has 5 nitrogen and oxygen atoms in total. The maximum atomic E-state index is 11.1. The molecular weight excluding hydrogens is 194 g/mol. The Morgan fingerprint density at radius 3 is 3.00 bits per heavy atom. The molecule has 0 aliphatic heterocycles. The lowest BCUT2D eigenvalue weighted by atomic mass is 10.3. The zero-order valence-electron chi connectivity index (χ0n) is 9.36. The summed E-state index contributed by atoms with van der Waals surface area (Å²) in [4.78, 5) is 11.1. The average molecular weight is 211 g/mol. The molecule has 0 aliphatic rings. The third-order valence-corrected chi connectivity index (χ3v) is 2.18. The second kappa shape index (κ2) is 5.50. The highest BCUT2D eigenvalue weighted by molar-refractivity contribution is 5.75. The molecule has 1 heterocycles. The van der Waals surface area contributed by atoms with Crippen LogP contribution in [0.25, 0.3) is 0 Å². The first-order chi connectivity index (χ1) is 7.17. The van der Waals surface area contributed by atoms with E-state index < -0.39 is 0 Å². The van der Waals surface area contributed by atoms with Gasteiger partial charge < -0.3 is 10.1 Å². The highest BCUT2D eigenvalue weighted by Gasteiger charge is 2.11. The molecule has 1 aromatic rings. The van der Waals surface area contributed by atoms with Gasteiger partial charge in [0.15, 0.2) is 0 Å². The van der Waals surface area contributed by atoms with Gasteiger partial charge in [0.25, 0.3) is 0 Å². The molecule has 1 atom stereocenters. The molecule has 15 heavy (non-hydrogen) atoms. The van der Waals surface area contributed by atoms with Crippen molar-refractivity contribution in [1.29, 1.82) is 0 Å². The zero-order chi connectivity index (χ0) is 11.3. The van der Waals surface area contributed by atoms with Gasteiger partial charge in [-0.25, -0.2) is 0 Å². The zero-order valence-corrected chi connectivity index (χ0v) is 9.36. The van der Waals surface area contributed by atoms with Crippen LogP contribution in [0.2, 0.25) is 0 Å². The summed E-state index contributed by atoms with van der Waals surface area (Å²) in [5.41, 5.74) is 1.06. The Labute approximate surface area is 89.4 Å². The molecule has 0 saturated heterocycles. The van der Waals surface area contributed by atoms with E-state index in [1.807, 2.05) is 17.8 Å². The van der Waals surface area contributed by atoms with Crippen LogP contribution in [0.1, 0.15) is 19.4 Å². The summed E-state index contributed by atoms with van der Waals surface area (Å²) < 4.78 is 6.45. The highest BCUT2D eigenvalue weighted by Crippen LogP contribution is 1.98. The van der Waals surface area contributed by atoms with Crippen molar-refractivity contribution in [1.82, 2.24) is 15.1 Å². The summed E-state index contributed by atoms with van der Waals surface area (Å²) >= 11 is 0. The molecule has 1 unspecified atom stereocenters. The SMILES string of the molecule is CCn1cc(CNC(C)C(=O)OC)cn1. The van der Waals surface area contributed by atoms with Gasteiger partial charge in [0.1, 0.15) is 6.04 Å². The molecule has 0 bridgehead atoms. The van der Waals surface area contributed by atoms with E-state index >= 15 is 0 Å². The quantitative estimate of drug-likeness (QED) is 0.723. The molecule has 1 N–H and O–H groups in total. The number of esters is 1. The van der Waals surface area contributed by atoms with E-state index in [2.05, 4.69) is 15.2 Å². The van der Waals surface area contributed by atoms with Gasteiger partial charge in [-0.05, 0) is 13.8 Å². The number of methoxy groups -OCH3 is 1. The first-order valence-electron chi connectivity index (χ1n) is 5.00. The summed E-state index contributed by atoms with van der Waals surface area (Å²) in [7, 11) is 1.38. The number of nitrogens with zero attached hydrogens (tertiary/aromatic N) is 2. The summed E-state index contributed by atoms with van der Waals surface area (Å²) in [5, 5.41) is 7.20. The fraction of sp³-hybridized carbons (Fsp3) is 0.600. The Hall–Kier alpha value is -1.36. The summed E-state index contributed by atoms with van der Waals surface area (Å²) in [5.74, 6) is -0.252. The first kappa shape index (κ1) is 11.7. The molecule has 0 amide bonds. The van der Waals surface area contributed by atoms with Crippen LogP contribution in [-0.2, 0) is 22.6 Å². The maximum Gasteiger partial charge on any atom is 0.322 e. The van der Waals surface area contributed by atoms with Crippen LogP contribution in [-0.4, -0.2) is 28.9 Å². The van der Waals surface area contributed by atoms with Crippen molar-refractivity contribution in [2.45, 2.75) is 33.0 Å². The summed E-state index contributed by atoms with van der Waals surface area (Å²) in [6, 6.07) is -0.292. The third kappa shape index (κ3) is 3.36. The molecule has 84 valence electrons. The van der Waals surface area contributed by atoms with Crippen molar-refractivity contribution in [2.75, 3.05) is 7.11 Å². The minimum absolute atomic E-state index is 0.252. The second-order valence-corrected chi connectivity index (χ2v) is 3.33. The Morgan fingerprint density at radius 1 is 1.73 bits per heavy atom. The van der Waals surface area contributed by atoms with E-state index in [1.54, 1.807) is 13.1 Å². The number of hydrogen-bond donors (Lipinski definition) is 1. The van der Waals surface area contributed by atoms with Gasteiger partial charge >= 0.3 is 5.97 Å². The Balaban J connectivity index is 2.39. The van der Waals surface area contributed by atoms with Gasteiger partial charge in [-0.1, -0.05) is 0 Å². The highest BCUT2D eigenvalue weighted by atomic mass is 16.5. The number of aryl methyl sites for hydroxylation is 1. The topological polar surface area (TPSA) is 56.2 Å². The predicted octanol–water partition coefficient (Wildman–Crippen LogP) is 0.554. The molecule has 0 aliphatic carbocycles. The first-order valence-corrected chi connectivity index (χ1v) is 5.00. The Kier molecular flexibility index (Phi) is 4.30. The minimum atomic E-state index is -0.292. The van der Waals surface area contributed by atoms with Crippen molar-refractivity contribution >= 4 is 5.97 Å². The summed E-state index contributed by atoms with van der Waals surface area (Å²) in [6.45, 7) is 5.28. The summed E-state index contributed by atoms with van der Waals surface area (Å²) in [6.07, 6.45) is 3.75. The van der Waals surface area contributed by atoms with Crippen LogP contribution in [0.4, 0.5) is 0 Å². The number of aromatic nitrogens is 2. The van der Waals surface area contributed by atoms with E-state index in [4.69, 9.17) is 0 Å². The van der Waals surface area contributed by atoms with E-state index in [0.717, 1.165) is 12.1 Å². The fourth-order valence-corrected chi connectivity index (χ4v) is 1.20. The van der Waals surface area contributed by atoms with Gasteiger partial charge in [-0.15, -0.1) is 0 Å². The lowest BCUT2D eigenvalue weighted by Gasteiger charge is -2.09. The lowest BCUT2D eigenvalue weighted by Crippen LogP contribution is -2.34. The normalized spacial score (nSPS) is 12.5. The smallest absolute Gasteiger partial charge is 0.322 e. The Bertz CT molecular complexity index is 322. The van der Waals surface area contributed by atoms with Gasteiger partial charge in [-0.3, -0.25) is 9.48 Å².